The van der Waals surface area contributed by atoms with Crippen molar-refractivity contribution in [3.05, 3.63) is 35.4 Å². The molecule has 3 fully saturated rings. The van der Waals surface area contributed by atoms with E-state index in [1.165, 1.54) is 21.3 Å². The molecular weight excluding hydrogens is 591 g/mol. The van der Waals surface area contributed by atoms with E-state index < -0.39 is 63.0 Å². The molecule has 2 heterocycles. The number of hydrogen-bond acceptors (Lipinski definition) is 8. The summed E-state index contributed by atoms with van der Waals surface area (Å²) in [6.07, 6.45) is 5.09. The van der Waals surface area contributed by atoms with E-state index in [2.05, 4.69) is 0 Å². The molecule has 1 aromatic rings. The molecule has 0 bridgehead atoms. The number of phenols is 1. The van der Waals surface area contributed by atoms with Crippen LogP contribution in [0.2, 0.25) is 0 Å². The maximum Gasteiger partial charge on any atom is 0.303 e. The van der Waals surface area contributed by atoms with Crippen molar-refractivity contribution in [1.29, 1.82) is 0 Å². The third-order valence-corrected chi connectivity index (χ3v) is 10.3. The van der Waals surface area contributed by atoms with Gasteiger partial charge in [-0.1, -0.05) is 23.8 Å². The Morgan fingerprint density at radius 1 is 1.07 bits per heavy atom. The lowest BCUT2D eigenvalue weighted by Gasteiger charge is -2.49. The number of carboxylic acids is 1. The molecule has 2 aliphatic carbocycles. The summed E-state index contributed by atoms with van der Waals surface area (Å²) in [5, 5.41) is 19.3. The second-order valence-electron chi connectivity index (χ2n) is 11.0. The topological polar surface area (TPSA) is 151 Å². The molecule has 2 saturated heterocycles. The molecule has 0 spiro atoms. The number of hydrogen-bond donors (Lipinski definition) is 2. The number of fused-ring (bicyclic) bond motifs is 4. The molecule has 13 heteroatoms. The number of carbonyl (C=O) groups excluding carboxylic acids is 4. The van der Waals surface area contributed by atoms with Crippen molar-refractivity contribution >= 4 is 58.9 Å². The number of aromatic hydroxyl groups is 1. The first-order valence-electron chi connectivity index (χ1n) is 13.4. The fraction of sp³-hybridized carbons (Fsp3) is 0.483. The first-order chi connectivity index (χ1) is 19.8. The van der Waals surface area contributed by atoms with E-state index in [4.69, 9.17) is 37.8 Å². The fourth-order valence-electron chi connectivity index (χ4n) is 6.88. The lowest BCUT2D eigenvalue weighted by Crippen LogP contribution is -2.60. The zero-order valence-electron chi connectivity index (χ0n) is 23.1. The number of imide groups is 2. The van der Waals surface area contributed by atoms with Crippen molar-refractivity contribution in [2.24, 2.45) is 23.7 Å². The van der Waals surface area contributed by atoms with Gasteiger partial charge >= 0.3 is 5.97 Å². The van der Waals surface area contributed by atoms with Crippen LogP contribution in [0.15, 0.2) is 29.9 Å². The molecule has 1 aromatic carbocycles. The van der Waals surface area contributed by atoms with Crippen LogP contribution in [0.3, 0.4) is 0 Å². The maximum absolute atomic E-state index is 13.6. The molecule has 42 heavy (non-hydrogen) atoms. The SMILES string of the molecule is COc1cc(C=C[C@H]2C3=CC[C@@H]4C(=O)N(CCCC(=O)O)C(=O)[C@@H]4[C@@H]3C[C@@]3(Cl)C(=O)N(C)C(=O)[C@@]23Cl)cc(OC)c1O. The average molecular weight is 621 g/mol. The molecule has 4 amide bonds. The van der Waals surface area contributed by atoms with Gasteiger partial charge in [-0.25, -0.2) is 0 Å². The quantitative estimate of drug-likeness (QED) is 0.254. The van der Waals surface area contributed by atoms with Crippen LogP contribution in [0.5, 0.6) is 17.2 Å². The van der Waals surface area contributed by atoms with Crippen LogP contribution in [0.1, 0.15) is 31.2 Å². The monoisotopic (exact) mass is 620 g/mol. The van der Waals surface area contributed by atoms with Crippen molar-refractivity contribution in [3.8, 4) is 17.2 Å². The number of aliphatic carboxylic acids is 1. The van der Waals surface area contributed by atoms with Crippen molar-refractivity contribution in [1.82, 2.24) is 9.80 Å². The predicted molar refractivity (Wildman–Crippen MR) is 150 cm³/mol. The molecule has 2 N–H and O–H groups in total. The molecule has 11 nitrogen and oxygen atoms in total. The summed E-state index contributed by atoms with van der Waals surface area (Å²) >= 11 is 14.2. The number of amides is 4. The smallest absolute Gasteiger partial charge is 0.303 e. The highest BCUT2D eigenvalue weighted by molar-refractivity contribution is 6.53. The second-order valence-corrected chi connectivity index (χ2v) is 12.2. The van der Waals surface area contributed by atoms with Crippen molar-refractivity contribution in [2.45, 2.75) is 35.4 Å². The Kier molecular flexibility index (Phi) is 7.55. The highest BCUT2D eigenvalue weighted by Crippen LogP contribution is 2.63. The Hall–Kier alpha value is -3.57. The summed E-state index contributed by atoms with van der Waals surface area (Å²) in [6.45, 7) is -0.0293. The van der Waals surface area contributed by atoms with Gasteiger partial charge in [-0.05, 0) is 42.9 Å². The molecule has 0 radical (unpaired) electrons. The largest absolute Gasteiger partial charge is 0.502 e. The minimum absolute atomic E-state index is 0.0293. The zero-order chi connectivity index (χ0) is 30.7. The summed E-state index contributed by atoms with van der Waals surface area (Å²) in [5.41, 5.74) is 1.15. The lowest BCUT2D eigenvalue weighted by atomic mass is 9.57. The van der Waals surface area contributed by atoms with Crippen molar-refractivity contribution < 1.29 is 43.7 Å². The summed E-state index contributed by atoms with van der Waals surface area (Å²) < 4.78 is 10.5. The van der Waals surface area contributed by atoms with Gasteiger partial charge in [0.05, 0.1) is 26.1 Å². The van der Waals surface area contributed by atoms with E-state index in [1.54, 1.807) is 30.4 Å². The van der Waals surface area contributed by atoms with E-state index in [0.717, 1.165) is 9.80 Å². The number of methoxy groups -OCH3 is 2. The number of ether oxygens (including phenoxy) is 2. The number of rotatable bonds is 8. The highest BCUT2D eigenvalue weighted by Gasteiger charge is 2.75. The van der Waals surface area contributed by atoms with Gasteiger partial charge in [-0.2, -0.15) is 0 Å². The van der Waals surface area contributed by atoms with Gasteiger partial charge < -0.3 is 19.7 Å². The molecule has 2 aliphatic heterocycles. The summed E-state index contributed by atoms with van der Waals surface area (Å²) in [5.74, 6) is -6.28. The Labute approximate surface area is 251 Å². The summed E-state index contributed by atoms with van der Waals surface area (Å²) in [6, 6.07) is 3.10. The van der Waals surface area contributed by atoms with Crippen LogP contribution >= 0.6 is 23.2 Å². The van der Waals surface area contributed by atoms with Gasteiger partial charge in [0, 0.05) is 25.9 Å². The molecule has 5 rings (SSSR count). The maximum atomic E-state index is 13.6. The molecule has 4 aliphatic rings. The first-order valence-corrected chi connectivity index (χ1v) is 14.2. The van der Waals surface area contributed by atoms with Crippen LogP contribution in [0.4, 0.5) is 0 Å². The fourth-order valence-corrected chi connectivity index (χ4v) is 7.86. The van der Waals surface area contributed by atoms with Crippen LogP contribution in [0.25, 0.3) is 6.08 Å². The number of carbonyl (C=O) groups is 5. The minimum Gasteiger partial charge on any atom is -0.502 e. The van der Waals surface area contributed by atoms with Gasteiger partial charge in [0.2, 0.25) is 17.6 Å². The number of halogens is 2. The summed E-state index contributed by atoms with van der Waals surface area (Å²) in [4.78, 5) is 63.1. The molecule has 1 saturated carbocycles. The van der Waals surface area contributed by atoms with Crippen LogP contribution < -0.4 is 9.47 Å². The lowest BCUT2D eigenvalue weighted by molar-refractivity contribution is -0.142. The number of carboxylic acid groups (broad SMARTS) is 1. The number of benzene rings is 1. The second kappa shape index (κ2) is 10.6. The van der Waals surface area contributed by atoms with E-state index in [0.29, 0.717) is 11.1 Å². The first kappa shape index (κ1) is 29.9. The van der Waals surface area contributed by atoms with Gasteiger partial charge in [-0.15, -0.1) is 23.2 Å². The van der Waals surface area contributed by atoms with Gasteiger partial charge in [0.15, 0.2) is 21.2 Å². The van der Waals surface area contributed by atoms with Crippen LogP contribution in [0, 0.1) is 23.7 Å². The molecule has 224 valence electrons. The summed E-state index contributed by atoms with van der Waals surface area (Å²) in [7, 11) is 4.08. The number of allylic oxidation sites excluding steroid dienone is 3. The van der Waals surface area contributed by atoms with E-state index in [-0.39, 0.29) is 49.5 Å². The van der Waals surface area contributed by atoms with Gasteiger partial charge in [-0.3, -0.25) is 33.8 Å². The van der Waals surface area contributed by atoms with E-state index >= 15 is 0 Å². The number of nitrogens with zero attached hydrogens (tertiary/aromatic N) is 2. The Morgan fingerprint density at radius 3 is 2.31 bits per heavy atom. The Morgan fingerprint density at radius 2 is 1.71 bits per heavy atom. The number of likely N-dealkylation sites (tertiary alicyclic amines) is 2. The van der Waals surface area contributed by atoms with Gasteiger partial charge in [0.1, 0.15) is 0 Å². The Bertz CT molecular complexity index is 1430. The molecule has 0 aromatic heterocycles. The van der Waals surface area contributed by atoms with Crippen LogP contribution in [-0.2, 0) is 24.0 Å². The molecular formula is C29H30Cl2N2O9. The van der Waals surface area contributed by atoms with E-state index in [1.807, 2.05) is 0 Å². The Balaban J connectivity index is 1.58. The molecule has 0 unspecified atom stereocenters. The standard InChI is InChI=1S/C29H30Cl2N2O9/c1-32-26(39)28(30)13-17-15(7-8-16-22(17)25(38)33(24(16)37)10-4-5-21(34)35)18(29(28,31)27(32)40)9-6-14-11-19(41-2)23(36)20(12-14)42-3/h6-7,9,11-12,16-18,22,36H,4-5,8,10,13H2,1-3H3,(H,34,35)/t16-,17+,18-,22-,28+,29-/m0/s1. The van der Waals surface area contributed by atoms with Gasteiger partial charge in [0.25, 0.3) is 11.8 Å². The number of phenolic OH excluding ortho intramolecular Hbond substituents is 1. The zero-order valence-corrected chi connectivity index (χ0v) is 24.6. The normalized spacial score (nSPS) is 32.2. The third kappa shape index (κ3) is 4.19. The third-order valence-electron chi connectivity index (χ3n) is 8.92. The number of alkyl halides is 2. The highest BCUT2D eigenvalue weighted by atomic mass is 35.5. The van der Waals surface area contributed by atoms with E-state index in [9.17, 15) is 29.1 Å². The van der Waals surface area contributed by atoms with Crippen molar-refractivity contribution in [3.63, 3.8) is 0 Å². The minimum atomic E-state index is -1.91. The predicted octanol–water partition coefficient (Wildman–Crippen LogP) is 2.81. The van der Waals surface area contributed by atoms with Crippen LogP contribution in [-0.4, -0.2) is 87.2 Å². The average Bonchev–Trinajstić information content (AvgIpc) is 3.27. The molecule has 6 atom stereocenters. The van der Waals surface area contributed by atoms with Crippen molar-refractivity contribution in [2.75, 3.05) is 27.8 Å².